The van der Waals surface area contributed by atoms with Gasteiger partial charge in [-0.1, -0.05) is 17.3 Å². The number of likely N-dealkylation sites (tertiary alicyclic amines) is 2. The molecular formula is C26H32F3N5O2. The molecule has 36 heavy (non-hydrogen) atoms. The summed E-state index contributed by atoms with van der Waals surface area (Å²) in [6.07, 6.45) is 0.355. The Morgan fingerprint density at radius 3 is 2.28 bits per heavy atom. The quantitative estimate of drug-likeness (QED) is 0.472. The highest BCUT2D eigenvalue weighted by Gasteiger charge is 2.33. The molecule has 1 aromatic heterocycles. The average molecular weight is 504 g/mol. The molecule has 0 radical (unpaired) electrons. The van der Waals surface area contributed by atoms with Crippen molar-refractivity contribution in [3.8, 4) is 0 Å². The number of nitrogens with zero attached hydrogens (tertiary/aromatic N) is 4. The second-order valence-electron chi connectivity index (χ2n) is 9.47. The van der Waals surface area contributed by atoms with E-state index in [4.69, 9.17) is 10.6 Å². The number of aromatic nitrogens is 1. The average Bonchev–Trinajstić information content (AvgIpc) is 2.87. The van der Waals surface area contributed by atoms with Crippen molar-refractivity contribution in [3.63, 3.8) is 0 Å². The SMILES string of the molecule is CON=C(c1ccc(C(F)(F)F)cc1)C1CCN(C(=O)C2CCN(Cc3ccnc(N)c3)CC2)CC1. The number of nitrogen functional groups attached to an aromatic ring is 1. The minimum atomic E-state index is -4.38. The number of pyridine rings is 1. The van der Waals surface area contributed by atoms with Crippen LogP contribution in [0, 0.1) is 11.8 Å². The van der Waals surface area contributed by atoms with Crippen LogP contribution in [0.15, 0.2) is 47.8 Å². The summed E-state index contributed by atoms with van der Waals surface area (Å²) in [5.41, 5.74) is 7.44. The maximum atomic E-state index is 13.2. The van der Waals surface area contributed by atoms with Gasteiger partial charge in [0.2, 0.25) is 5.91 Å². The zero-order valence-corrected chi connectivity index (χ0v) is 20.4. The molecule has 1 aromatic carbocycles. The minimum absolute atomic E-state index is 0.0142. The van der Waals surface area contributed by atoms with Gasteiger partial charge in [-0.25, -0.2) is 4.98 Å². The molecule has 2 aliphatic heterocycles. The molecule has 2 fully saturated rings. The zero-order valence-electron chi connectivity index (χ0n) is 20.4. The summed E-state index contributed by atoms with van der Waals surface area (Å²) in [6, 6.07) is 8.85. The van der Waals surface area contributed by atoms with Crippen molar-refractivity contribution < 1.29 is 22.8 Å². The van der Waals surface area contributed by atoms with Crippen LogP contribution in [-0.2, 0) is 22.4 Å². The number of carbonyl (C=O) groups is 1. The monoisotopic (exact) mass is 503 g/mol. The lowest BCUT2D eigenvalue weighted by Crippen LogP contribution is -2.46. The van der Waals surface area contributed by atoms with Gasteiger partial charge in [-0.05, 0) is 74.2 Å². The Morgan fingerprint density at radius 2 is 1.69 bits per heavy atom. The molecule has 7 nitrogen and oxygen atoms in total. The Hall–Kier alpha value is -3.14. The van der Waals surface area contributed by atoms with E-state index in [0.717, 1.165) is 50.2 Å². The Morgan fingerprint density at radius 1 is 1.06 bits per heavy atom. The largest absolute Gasteiger partial charge is 0.416 e. The van der Waals surface area contributed by atoms with Crippen LogP contribution in [0.1, 0.15) is 42.4 Å². The standard InChI is InChI=1S/C26H32F3N5O2/c1-36-32-24(19-2-4-22(5-3-19)26(27,28)29)20-9-14-34(15-10-20)25(35)21-7-12-33(13-8-21)17-18-6-11-31-23(30)16-18/h2-6,11,16,20-21H,7-10,12-15,17H2,1H3,(H2,30,31). The number of halogens is 3. The van der Waals surface area contributed by atoms with Gasteiger partial charge in [0, 0.05) is 37.7 Å². The maximum absolute atomic E-state index is 13.2. The molecule has 2 aliphatic rings. The lowest BCUT2D eigenvalue weighted by atomic mass is 9.86. The van der Waals surface area contributed by atoms with Gasteiger partial charge in [-0.15, -0.1) is 0 Å². The van der Waals surface area contributed by atoms with Gasteiger partial charge in [-0.3, -0.25) is 9.69 Å². The third-order valence-corrected chi connectivity index (χ3v) is 7.08. The number of benzene rings is 1. The number of oxime groups is 1. The summed E-state index contributed by atoms with van der Waals surface area (Å²) >= 11 is 0. The molecule has 2 N–H and O–H groups in total. The van der Waals surface area contributed by atoms with Crippen LogP contribution < -0.4 is 5.73 Å². The van der Waals surface area contributed by atoms with Crippen LogP contribution in [0.4, 0.5) is 19.0 Å². The molecule has 2 saturated heterocycles. The van der Waals surface area contributed by atoms with Crippen molar-refractivity contribution in [1.29, 1.82) is 0 Å². The number of hydrogen-bond acceptors (Lipinski definition) is 6. The molecular weight excluding hydrogens is 471 g/mol. The van der Waals surface area contributed by atoms with E-state index in [0.29, 0.717) is 43.0 Å². The van der Waals surface area contributed by atoms with Gasteiger partial charge in [0.15, 0.2) is 0 Å². The minimum Gasteiger partial charge on any atom is -0.399 e. The topological polar surface area (TPSA) is 84.0 Å². The van der Waals surface area contributed by atoms with Crippen molar-refractivity contribution in [2.24, 2.45) is 17.0 Å². The van der Waals surface area contributed by atoms with Crippen LogP contribution in [0.5, 0.6) is 0 Å². The summed E-state index contributed by atoms with van der Waals surface area (Å²) in [6.45, 7) is 3.71. The number of rotatable bonds is 6. The van der Waals surface area contributed by atoms with E-state index in [1.165, 1.54) is 19.2 Å². The lowest BCUT2D eigenvalue weighted by Gasteiger charge is -2.37. The summed E-state index contributed by atoms with van der Waals surface area (Å²) in [7, 11) is 1.43. The Kier molecular flexibility index (Phi) is 8.13. The molecule has 0 unspecified atom stereocenters. The number of hydrogen-bond donors (Lipinski definition) is 1. The van der Waals surface area contributed by atoms with Crippen LogP contribution in [0.3, 0.4) is 0 Å². The fraction of sp³-hybridized carbons (Fsp3) is 0.500. The lowest BCUT2D eigenvalue weighted by molar-refractivity contribution is -0.138. The highest BCUT2D eigenvalue weighted by atomic mass is 19.4. The van der Waals surface area contributed by atoms with E-state index >= 15 is 0 Å². The molecule has 1 amide bonds. The summed E-state index contributed by atoms with van der Waals surface area (Å²) in [5, 5.41) is 4.13. The van der Waals surface area contributed by atoms with Crippen molar-refractivity contribution in [1.82, 2.24) is 14.8 Å². The summed E-state index contributed by atoms with van der Waals surface area (Å²) < 4.78 is 38.8. The summed E-state index contributed by atoms with van der Waals surface area (Å²) in [4.78, 5) is 26.5. The van der Waals surface area contributed by atoms with Crippen molar-refractivity contribution in [2.45, 2.75) is 38.4 Å². The van der Waals surface area contributed by atoms with E-state index in [2.05, 4.69) is 15.0 Å². The first kappa shape index (κ1) is 25.9. The fourth-order valence-corrected chi connectivity index (χ4v) is 5.11. The fourth-order valence-electron chi connectivity index (χ4n) is 5.11. The predicted octanol–water partition coefficient (Wildman–Crippen LogP) is 4.18. The smallest absolute Gasteiger partial charge is 0.399 e. The van der Waals surface area contributed by atoms with Crippen LogP contribution in [0.25, 0.3) is 0 Å². The van der Waals surface area contributed by atoms with Gasteiger partial charge >= 0.3 is 6.18 Å². The van der Waals surface area contributed by atoms with E-state index in [1.807, 2.05) is 17.0 Å². The predicted molar refractivity (Wildman–Crippen MR) is 131 cm³/mol. The molecule has 0 saturated carbocycles. The molecule has 0 bridgehead atoms. The second kappa shape index (κ2) is 11.3. The van der Waals surface area contributed by atoms with E-state index in [1.54, 1.807) is 6.20 Å². The van der Waals surface area contributed by atoms with E-state index in [-0.39, 0.29) is 17.7 Å². The van der Waals surface area contributed by atoms with Crippen LogP contribution in [0.2, 0.25) is 0 Å². The van der Waals surface area contributed by atoms with Crippen molar-refractivity contribution >= 4 is 17.4 Å². The number of amides is 1. The van der Waals surface area contributed by atoms with Crippen molar-refractivity contribution in [2.75, 3.05) is 39.0 Å². The number of piperidine rings is 2. The van der Waals surface area contributed by atoms with Crippen LogP contribution in [-0.4, -0.2) is 59.7 Å². The number of alkyl halides is 3. The highest BCUT2D eigenvalue weighted by molar-refractivity contribution is 6.02. The van der Waals surface area contributed by atoms with Gasteiger partial charge in [-0.2, -0.15) is 13.2 Å². The molecule has 0 atom stereocenters. The Bertz CT molecular complexity index is 1060. The van der Waals surface area contributed by atoms with Gasteiger partial charge in [0.1, 0.15) is 12.9 Å². The van der Waals surface area contributed by atoms with Crippen LogP contribution >= 0.6 is 0 Å². The molecule has 194 valence electrons. The first-order chi connectivity index (χ1) is 17.2. The number of anilines is 1. The van der Waals surface area contributed by atoms with Gasteiger partial charge in [0.25, 0.3) is 0 Å². The molecule has 0 aliphatic carbocycles. The molecule has 4 rings (SSSR count). The maximum Gasteiger partial charge on any atom is 0.416 e. The normalized spacial score (nSPS) is 18.9. The van der Waals surface area contributed by atoms with Gasteiger partial charge < -0.3 is 15.5 Å². The molecule has 2 aromatic rings. The third-order valence-electron chi connectivity index (χ3n) is 7.08. The third kappa shape index (κ3) is 6.34. The Balaban J connectivity index is 1.29. The molecule has 3 heterocycles. The Labute approximate surface area is 209 Å². The van der Waals surface area contributed by atoms with E-state index in [9.17, 15) is 18.0 Å². The summed E-state index contributed by atoms with van der Waals surface area (Å²) in [5.74, 6) is 0.738. The first-order valence-electron chi connectivity index (χ1n) is 12.2. The highest BCUT2D eigenvalue weighted by Crippen LogP contribution is 2.31. The van der Waals surface area contributed by atoms with Crippen molar-refractivity contribution in [3.05, 3.63) is 59.3 Å². The molecule has 0 spiro atoms. The zero-order chi connectivity index (χ0) is 25.7. The number of carbonyl (C=O) groups excluding carboxylic acids is 1. The molecule has 10 heteroatoms. The number of nitrogens with two attached hydrogens (primary N) is 1. The first-order valence-corrected chi connectivity index (χ1v) is 12.2. The van der Waals surface area contributed by atoms with E-state index < -0.39 is 11.7 Å². The second-order valence-corrected chi connectivity index (χ2v) is 9.47. The van der Waals surface area contributed by atoms with Gasteiger partial charge in [0.05, 0.1) is 11.3 Å².